The quantitative estimate of drug-likeness (QED) is 0.0295. The van der Waals surface area contributed by atoms with Gasteiger partial charge in [0.1, 0.15) is 6.10 Å². The molecular weight excluding hydrogens is 589 g/mol. The number of hydrogen-bond donors (Lipinski definition) is 2. The number of allylic oxidation sites excluding steroid dienone is 2. The zero-order chi connectivity index (χ0) is 33.1. The van der Waals surface area contributed by atoms with Gasteiger partial charge in [-0.3, -0.25) is 13.8 Å². The molecule has 8 nitrogen and oxygen atoms in total. The fraction of sp³-hybridized carbons (Fsp3) is 0.917. The van der Waals surface area contributed by atoms with Crippen LogP contribution < -0.4 is 5.73 Å². The van der Waals surface area contributed by atoms with Gasteiger partial charge in [-0.05, 0) is 38.5 Å². The van der Waals surface area contributed by atoms with Crippen LogP contribution >= 0.6 is 7.82 Å². The van der Waals surface area contributed by atoms with Crippen LogP contribution in [-0.2, 0) is 27.9 Å². The summed E-state index contributed by atoms with van der Waals surface area (Å²) in [5.41, 5.74) is 5.34. The molecule has 2 unspecified atom stereocenters. The Bertz CT molecular complexity index is 707. The van der Waals surface area contributed by atoms with Crippen molar-refractivity contribution in [2.75, 3.05) is 33.0 Å². The molecule has 2 atom stereocenters. The van der Waals surface area contributed by atoms with Crippen LogP contribution in [-0.4, -0.2) is 49.9 Å². The van der Waals surface area contributed by atoms with Crippen LogP contribution in [0.4, 0.5) is 0 Å². The lowest BCUT2D eigenvalue weighted by Crippen LogP contribution is -2.28. The molecule has 268 valence electrons. The number of carbonyl (C=O) groups excluding carboxylic acids is 1. The molecule has 0 saturated carbocycles. The second kappa shape index (κ2) is 34.6. The number of hydrogen-bond acceptors (Lipinski definition) is 7. The van der Waals surface area contributed by atoms with Gasteiger partial charge in [0, 0.05) is 19.6 Å². The van der Waals surface area contributed by atoms with E-state index in [-0.39, 0.29) is 32.3 Å². The minimum Gasteiger partial charge on any atom is -0.457 e. The molecule has 0 spiro atoms. The molecule has 45 heavy (non-hydrogen) atoms. The number of nitrogens with two attached hydrogens (primary N) is 1. The highest BCUT2D eigenvalue weighted by molar-refractivity contribution is 7.47. The summed E-state index contributed by atoms with van der Waals surface area (Å²) < 4.78 is 33.2. The standard InChI is InChI=1S/C36H72NO7P/c1-3-5-7-9-11-13-15-16-17-18-19-20-21-23-25-27-29-36(38)44-35(34-43-45(39,40)42-32-30-37)33-41-31-28-26-24-22-14-12-10-8-6-4-2/h17-18,35H,3-16,19-34,37H2,1-2H3,(H,39,40)/b18-17-. The van der Waals surface area contributed by atoms with E-state index in [4.69, 9.17) is 24.3 Å². The summed E-state index contributed by atoms with van der Waals surface area (Å²) >= 11 is 0. The van der Waals surface area contributed by atoms with Gasteiger partial charge in [-0.1, -0.05) is 142 Å². The number of unbranched alkanes of at least 4 members (excludes halogenated alkanes) is 21. The van der Waals surface area contributed by atoms with E-state index < -0.39 is 13.9 Å². The van der Waals surface area contributed by atoms with Crippen molar-refractivity contribution in [3.8, 4) is 0 Å². The molecule has 0 fully saturated rings. The van der Waals surface area contributed by atoms with Crippen LogP contribution in [0.1, 0.15) is 174 Å². The fourth-order valence-electron chi connectivity index (χ4n) is 5.17. The monoisotopic (exact) mass is 662 g/mol. The fourth-order valence-corrected chi connectivity index (χ4v) is 5.93. The molecule has 0 radical (unpaired) electrons. The van der Waals surface area contributed by atoms with Crippen LogP contribution in [0.5, 0.6) is 0 Å². The molecule has 0 rings (SSSR count). The van der Waals surface area contributed by atoms with Crippen molar-refractivity contribution in [3.63, 3.8) is 0 Å². The molecule has 0 aliphatic heterocycles. The topological polar surface area (TPSA) is 117 Å². The van der Waals surface area contributed by atoms with Crippen molar-refractivity contribution in [2.24, 2.45) is 5.73 Å². The summed E-state index contributed by atoms with van der Waals surface area (Å²) in [4.78, 5) is 22.3. The highest BCUT2D eigenvalue weighted by Gasteiger charge is 2.25. The summed E-state index contributed by atoms with van der Waals surface area (Å²) in [7, 11) is -4.26. The Morgan fingerprint density at radius 2 is 1.11 bits per heavy atom. The number of ether oxygens (including phenoxy) is 2. The lowest BCUT2D eigenvalue weighted by atomic mass is 10.1. The Morgan fingerprint density at radius 1 is 0.644 bits per heavy atom. The van der Waals surface area contributed by atoms with Gasteiger partial charge >= 0.3 is 13.8 Å². The third-order valence-corrected chi connectivity index (χ3v) is 8.92. The Morgan fingerprint density at radius 3 is 1.62 bits per heavy atom. The number of rotatable bonds is 36. The number of phosphoric ester groups is 1. The predicted molar refractivity (Wildman–Crippen MR) is 187 cm³/mol. The SMILES string of the molecule is CCCCCCCCC/C=C\CCCCCCCC(=O)OC(COCCCCCCCCCCCC)COP(=O)(O)OCCN. The van der Waals surface area contributed by atoms with E-state index in [1.807, 2.05) is 0 Å². The third kappa shape index (κ3) is 34.4. The molecule has 3 N–H and O–H groups in total. The maximum absolute atomic E-state index is 12.5. The van der Waals surface area contributed by atoms with E-state index in [1.165, 1.54) is 109 Å². The van der Waals surface area contributed by atoms with E-state index >= 15 is 0 Å². The zero-order valence-corrected chi connectivity index (χ0v) is 30.3. The van der Waals surface area contributed by atoms with Gasteiger partial charge in [-0.15, -0.1) is 0 Å². The Hall–Kier alpha value is -0.760. The van der Waals surface area contributed by atoms with Crippen molar-refractivity contribution in [2.45, 2.75) is 180 Å². The second-order valence-electron chi connectivity index (χ2n) is 12.4. The van der Waals surface area contributed by atoms with Crippen LogP contribution in [0.3, 0.4) is 0 Å². The lowest BCUT2D eigenvalue weighted by Gasteiger charge is -2.20. The molecule has 9 heteroatoms. The van der Waals surface area contributed by atoms with Crippen LogP contribution in [0.2, 0.25) is 0 Å². The molecule has 0 saturated heterocycles. The summed E-state index contributed by atoms with van der Waals surface area (Å²) in [6.07, 6.45) is 33.6. The molecule has 0 aliphatic rings. The van der Waals surface area contributed by atoms with Crippen LogP contribution in [0.15, 0.2) is 12.2 Å². The van der Waals surface area contributed by atoms with Crippen molar-refractivity contribution in [1.29, 1.82) is 0 Å². The molecule has 0 heterocycles. The normalized spacial score (nSPS) is 13.8. The zero-order valence-electron chi connectivity index (χ0n) is 29.4. The van der Waals surface area contributed by atoms with Gasteiger partial charge in [0.15, 0.2) is 0 Å². The maximum atomic E-state index is 12.5. The van der Waals surface area contributed by atoms with Gasteiger partial charge in [0.2, 0.25) is 0 Å². The van der Waals surface area contributed by atoms with Crippen molar-refractivity contribution < 1.29 is 32.8 Å². The van der Waals surface area contributed by atoms with Crippen molar-refractivity contribution >= 4 is 13.8 Å². The molecule has 0 aromatic carbocycles. The largest absolute Gasteiger partial charge is 0.472 e. The highest BCUT2D eigenvalue weighted by atomic mass is 31.2. The number of phosphoric acid groups is 1. The van der Waals surface area contributed by atoms with Gasteiger partial charge in [-0.2, -0.15) is 0 Å². The Balaban J connectivity index is 4.08. The van der Waals surface area contributed by atoms with E-state index in [1.54, 1.807) is 0 Å². The summed E-state index contributed by atoms with van der Waals surface area (Å²) in [6, 6.07) is 0. The smallest absolute Gasteiger partial charge is 0.457 e. The number of esters is 1. The highest BCUT2D eigenvalue weighted by Crippen LogP contribution is 2.43. The van der Waals surface area contributed by atoms with E-state index in [9.17, 15) is 14.3 Å². The van der Waals surface area contributed by atoms with Gasteiger partial charge in [0.05, 0.1) is 19.8 Å². The lowest BCUT2D eigenvalue weighted by molar-refractivity contribution is -0.154. The molecule has 0 aliphatic carbocycles. The van der Waals surface area contributed by atoms with Crippen molar-refractivity contribution in [3.05, 3.63) is 12.2 Å². The van der Waals surface area contributed by atoms with E-state index in [0.29, 0.717) is 13.0 Å². The first kappa shape index (κ1) is 44.2. The average Bonchev–Trinajstić information content (AvgIpc) is 3.02. The molecule has 0 bridgehead atoms. The van der Waals surface area contributed by atoms with Crippen molar-refractivity contribution in [1.82, 2.24) is 0 Å². The van der Waals surface area contributed by atoms with Crippen LogP contribution in [0.25, 0.3) is 0 Å². The first-order valence-corrected chi connectivity index (χ1v) is 20.2. The molecule has 0 amide bonds. The number of carbonyl (C=O) groups is 1. The first-order valence-electron chi connectivity index (χ1n) is 18.7. The summed E-state index contributed by atoms with van der Waals surface area (Å²) in [6.45, 7) is 4.91. The van der Waals surface area contributed by atoms with Gasteiger partial charge in [-0.25, -0.2) is 4.57 Å². The predicted octanol–water partition coefficient (Wildman–Crippen LogP) is 10.4. The average molecular weight is 662 g/mol. The molecule has 0 aromatic heterocycles. The maximum Gasteiger partial charge on any atom is 0.472 e. The Labute approximate surface area is 277 Å². The van der Waals surface area contributed by atoms with E-state index in [2.05, 4.69) is 26.0 Å². The van der Waals surface area contributed by atoms with Gasteiger partial charge < -0.3 is 20.1 Å². The van der Waals surface area contributed by atoms with Gasteiger partial charge in [0.25, 0.3) is 0 Å². The summed E-state index contributed by atoms with van der Waals surface area (Å²) in [5.74, 6) is -0.338. The Kier molecular flexibility index (Phi) is 34.0. The molecule has 0 aromatic rings. The van der Waals surface area contributed by atoms with E-state index in [0.717, 1.165) is 44.9 Å². The molecular formula is C36H72NO7P. The van der Waals surface area contributed by atoms with Crippen LogP contribution in [0, 0.1) is 0 Å². The third-order valence-electron chi connectivity index (χ3n) is 7.93. The first-order chi connectivity index (χ1) is 21.9. The second-order valence-corrected chi connectivity index (χ2v) is 13.9. The minimum absolute atomic E-state index is 0.0942. The minimum atomic E-state index is -4.26. The summed E-state index contributed by atoms with van der Waals surface area (Å²) in [5, 5.41) is 0.